The molecule has 4 heteroatoms. The second kappa shape index (κ2) is 5.15. The van der Waals surface area contributed by atoms with Gasteiger partial charge in [-0.15, -0.1) is 12.4 Å². The van der Waals surface area contributed by atoms with E-state index in [9.17, 15) is 4.79 Å². The van der Waals surface area contributed by atoms with Crippen LogP contribution >= 0.6 is 12.4 Å². The van der Waals surface area contributed by atoms with Crippen molar-refractivity contribution in [2.45, 2.75) is 46.1 Å². The average Bonchev–Trinajstić information content (AvgIpc) is 2.73. The molecule has 0 aromatic rings. The van der Waals surface area contributed by atoms with Gasteiger partial charge < -0.3 is 11.1 Å². The molecular formula is C13H25ClN2O. The van der Waals surface area contributed by atoms with Gasteiger partial charge in [0.2, 0.25) is 5.91 Å². The minimum atomic E-state index is 0. The molecule has 2 fully saturated rings. The zero-order chi connectivity index (χ0) is 11.9. The molecule has 2 aliphatic rings. The standard InChI is InChI=1S/C13H24N2O.ClH/c1-13(2,3)7-15-12(16)10-8-4-5-9(6-8)11(10)14;/h8-11H,4-7,14H2,1-3H3,(H,15,16);1H/t8-,9+,10+,11-;/m1./s1. The largest absolute Gasteiger partial charge is 0.355 e. The third kappa shape index (κ3) is 3.14. The minimum Gasteiger partial charge on any atom is -0.355 e. The topological polar surface area (TPSA) is 55.1 Å². The lowest BCUT2D eigenvalue weighted by Crippen LogP contribution is -2.46. The summed E-state index contributed by atoms with van der Waals surface area (Å²) in [6, 6.07) is 0.110. The van der Waals surface area contributed by atoms with Gasteiger partial charge in [-0.1, -0.05) is 20.8 Å². The van der Waals surface area contributed by atoms with Crippen LogP contribution in [0.5, 0.6) is 0 Å². The van der Waals surface area contributed by atoms with Crippen molar-refractivity contribution in [1.82, 2.24) is 5.32 Å². The monoisotopic (exact) mass is 260 g/mol. The zero-order valence-corrected chi connectivity index (χ0v) is 11.8. The molecule has 17 heavy (non-hydrogen) atoms. The van der Waals surface area contributed by atoms with Crippen LogP contribution in [0.15, 0.2) is 0 Å². The first-order valence-corrected chi connectivity index (χ1v) is 6.42. The summed E-state index contributed by atoms with van der Waals surface area (Å²) >= 11 is 0. The predicted molar refractivity (Wildman–Crippen MR) is 72.0 cm³/mol. The summed E-state index contributed by atoms with van der Waals surface area (Å²) in [7, 11) is 0. The quantitative estimate of drug-likeness (QED) is 0.797. The first kappa shape index (κ1) is 14.8. The van der Waals surface area contributed by atoms with Crippen molar-refractivity contribution in [2.75, 3.05) is 6.54 Å². The molecule has 2 saturated carbocycles. The van der Waals surface area contributed by atoms with E-state index in [-0.39, 0.29) is 35.7 Å². The molecular weight excluding hydrogens is 236 g/mol. The molecule has 100 valence electrons. The summed E-state index contributed by atoms with van der Waals surface area (Å²) in [6.45, 7) is 7.14. The number of nitrogens with one attached hydrogen (secondary N) is 1. The van der Waals surface area contributed by atoms with Gasteiger partial charge in [0.25, 0.3) is 0 Å². The Kier molecular flexibility index (Phi) is 4.48. The fourth-order valence-corrected chi connectivity index (χ4v) is 3.19. The Bertz CT molecular complexity index is 286. The average molecular weight is 261 g/mol. The van der Waals surface area contributed by atoms with E-state index in [1.54, 1.807) is 0 Å². The van der Waals surface area contributed by atoms with Gasteiger partial charge in [-0.3, -0.25) is 4.79 Å². The third-order valence-corrected chi connectivity index (χ3v) is 4.08. The fourth-order valence-electron chi connectivity index (χ4n) is 3.19. The van der Waals surface area contributed by atoms with Crippen molar-refractivity contribution in [2.24, 2.45) is 28.9 Å². The summed E-state index contributed by atoms with van der Waals surface area (Å²) in [5, 5.41) is 3.06. The molecule has 2 aliphatic carbocycles. The number of carbonyl (C=O) groups is 1. The second-order valence-corrected chi connectivity index (χ2v) is 6.71. The SMILES string of the molecule is CC(C)(C)CNC(=O)[C@H]1[C@@H]2CC[C@@H](C2)[C@H]1N.Cl. The Labute approximate surface area is 110 Å². The van der Waals surface area contributed by atoms with Crippen LogP contribution in [0.2, 0.25) is 0 Å². The summed E-state index contributed by atoms with van der Waals surface area (Å²) in [5.74, 6) is 1.44. The molecule has 0 heterocycles. The summed E-state index contributed by atoms with van der Waals surface area (Å²) < 4.78 is 0. The number of hydrogen-bond acceptors (Lipinski definition) is 2. The molecule has 2 rings (SSSR count). The molecule has 3 N–H and O–H groups in total. The van der Waals surface area contributed by atoms with E-state index in [2.05, 4.69) is 26.1 Å². The van der Waals surface area contributed by atoms with Gasteiger partial charge in [0, 0.05) is 12.6 Å². The third-order valence-electron chi connectivity index (χ3n) is 4.08. The molecule has 0 aliphatic heterocycles. The number of carbonyl (C=O) groups excluding carboxylic acids is 1. The van der Waals surface area contributed by atoms with Crippen molar-refractivity contribution in [3.63, 3.8) is 0 Å². The second-order valence-electron chi connectivity index (χ2n) is 6.71. The van der Waals surface area contributed by atoms with E-state index >= 15 is 0 Å². The van der Waals surface area contributed by atoms with Gasteiger partial charge in [0.15, 0.2) is 0 Å². The lowest BCUT2D eigenvalue weighted by atomic mass is 9.84. The van der Waals surface area contributed by atoms with E-state index < -0.39 is 0 Å². The van der Waals surface area contributed by atoms with Gasteiger partial charge in [-0.2, -0.15) is 0 Å². The van der Waals surface area contributed by atoms with Crippen LogP contribution in [0.1, 0.15) is 40.0 Å². The first-order chi connectivity index (χ1) is 7.38. The molecule has 0 unspecified atom stereocenters. The lowest BCUT2D eigenvalue weighted by molar-refractivity contribution is -0.127. The Morgan fingerprint density at radius 3 is 2.35 bits per heavy atom. The van der Waals surface area contributed by atoms with Crippen LogP contribution < -0.4 is 11.1 Å². The van der Waals surface area contributed by atoms with Gasteiger partial charge in [-0.25, -0.2) is 0 Å². The van der Waals surface area contributed by atoms with Crippen LogP contribution in [-0.4, -0.2) is 18.5 Å². The van der Waals surface area contributed by atoms with E-state index in [1.807, 2.05) is 0 Å². The van der Waals surface area contributed by atoms with Gasteiger partial charge in [-0.05, 0) is 36.5 Å². The first-order valence-electron chi connectivity index (χ1n) is 6.42. The highest BCUT2D eigenvalue weighted by Crippen LogP contribution is 2.47. The van der Waals surface area contributed by atoms with Crippen LogP contribution in [-0.2, 0) is 4.79 Å². The highest BCUT2D eigenvalue weighted by molar-refractivity contribution is 5.85. The maximum absolute atomic E-state index is 12.1. The number of rotatable bonds is 2. The Morgan fingerprint density at radius 1 is 1.29 bits per heavy atom. The van der Waals surface area contributed by atoms with Crippen molar-refractivity contribution in [3.05, 3.63) is 0 Å². The molecule has 0 saturated heterocycles. The number of nitrogens with two attached hydrogens (primary N) is 1. The predicted octanol–water partition coefficient (Wildman–Crippen LogP) is 1.94. The summed E-state index contributed by atoms with van der Waals surface area (Å²) in [6.07, 6.45) is 3.61. The Balaban J connectivity index is 0.00000144. The van der Waals surface area contributed by atoms with E-state index in [1.165, 1.54) is 19.3 Å². The maximum Gasteiger partial charge on any atom is 0.224 e. The highest BCUT2D eigenvalue weighted by Gasteiger charge is 2.48. The number of hydrogen-bond donors (Lipinski definition) is 2. The number of halogens is 1. The Hall–Kier alpha value is -0.280. The van der Waals surface area contributed by atoms with Gasteiger partial charge in [0.05, 0.1) is 5.92 Å². The fraction of sp³-hybridized carbons (Fsp3) is 0.923. The van der Waals surface area contributed by atoms with E-state index in [4.69, 9.17) is 5.73 Å². The summed E-state index contributed by atoms with van der Waals surface area (Å²) in [5.41, 5.74) is 6.29. The number of fused-ring (bicyclic) bond motifs is 2. The number of amides is 1. The van der Waals surface area contributed by atoms with Crippen molar-refractivity contribution in [3.8, 4) is 0 Å². The maximum atomic E-state index is 12.1. The molecule has 0 aromatic carbocycles. The molecule has 0 aromatic heterocycles. The van der Waals surface area contributed by atoms with E-state index in [0.29, 0.717) is 11.8 Å². The van der Waals surface area contributed by atoms with Crippen LogP contribution in [0.4, 0.5) is 0 Å². The highest BCUT2D eigenvalue weighted by atomic mass is 35.5. The lowest BCUT2D eigenvalue weighted by Gasteiger charge is -2.28. The van der Waals surface area contributed by atoms with Crippen LogP contribution in [0, 0.1) is 23.2 Å². The molecule has 3 nitrogen and oxygen atoms in total. The normalized spacial score (nSPS) is 35.5. The zero-order valence-electron chi connectivity index (χ0n) is 11.0. The van der Waals surface area contributed by atoms with Crippen LogP contribution in [0.3, 0.4) is 0 Å². The van der Waals surface area contributed by atoms with Crippen molar-refractivity contribution >= 4 is 18.3 Å². The molecule has 4 atom stereocenters. The molecule has 0 radical (unpaired) electrons. The van der Waals surface area contributed by atoms with Crippen LogP contribution in [0.25, 0.3) is 0 Å². The molecule has 1 amide bonds. The minimum absolute atomic E-state index is 0. The summed E-state index contributed by atoms with van der Waals surface area (Å²) in [4.78, 5) is 12.1. The van der Waals surface area contributed by atoms with E-state index in [0.717, 1.165) is 6.54 Å². The Morgan fingerprint density at radius 2 is 1.88 bits per heavy atom. The van der Waals surface area contributed by atoms with Crippen molar-refractivity contribution < 1.29 is 4.79 Å². The van der Waals surface area contributed by atoms with Crippen molar-refractivity contribution in [1.29, 1.82) is 0 Å². The van der Waals surface area contributed by atoms with Gasteiger partial charge in [0.1, 0.15) is 0 Å². The molecule has 0 spiro atoms. The van der Waals surface area contributed by atoms with Gasteiger partial charge >= 0.3 is 0 Å². The molecule has 2 bridgehead atoms. The smallest absolute Gasteiger partial charge is 0.224 e.